The third-order valence-electron chi connectivity index (χ3n) is 10.1. The maximum absolute atomic E-state index is 12.8. The fourth-order valence-electron chi connectivity index (χ4n) is 6.39. The van der Waals surface area contributed by atoms with Gasteiger partial charge >= 0.3 is 11.9 Å². The molecule has 0 saturated carbocycles. The van der Waals surface area contributed by atoms with E-state index in [0.717, 1.165) is 38.5 Å². The Morgan fingerprint density at radius 3 is 1.20 bits per heavy atom. The Kier molecular flexibility index (Phi) is 39.9. The normalized spacial score (nSPS) is 12.6. The Labute approximate surface area is 313 Å². The van der Waals surface area contributed by atoms with Crippen molar-refractivity contribution in [3.63, 3.8) is 0 Å². The van der Waals surface area contributed by atoms with E-state index in [1.807, 2.05) is 0 Å². The smallest absolute Gasteiger partial charge is 0.334 e. The largest absolute Gasteiger partial charge is 0.464 e. The van der Waals surface area contributed by atoms with Gasteiger partial charge in [-0.2, -0.15) is 0 Å². The third kappa shape index (κ3) is 36.7. The zero-order valence-electron chi connectivity index (χ0n) is 35.1. The fraction of sp³-hybridized carbons (Fsp3) is 0.956. The second kappa shape index (κ2) is 39.1. The average Bonchev–Trinajstić information content (AvgIpc) is 3.09. The van der Waals surface area contributed by atoms with Crippen LogP contribution < -0.4 is 0 Å². The molecule has 0 amide bonds. The molecule has 0 heterocycles. The van der Waals surface area contributed by atoms with Crippen molar-refractivity contribution in [2.75, 3.05) is 6.61 Å². The summed E-state index contributed by atoms with van der Waals surface area (Å²) < 4.78 is 11.0. The van der Waals surface area contributed by atoms with Gasteiger partial charge in [-0.15, -0.1) is 0 Å². The predicted molar refractivity (Wildman–Crippen MR) is 217 cm³/mol. The number of ether oxygens (including phenoxy) is 2. The van der Waals surface area contributed by atoms with Gasteiger partial charge < -0.3 is 14.6 Å². The molecule has 5 nitrogen and oxygen atoms in total. The van der Waals surface area contributed by atoms with Gasteiger partial charge in [0.2, 0.25) is 0 Å². The molecule has 0 aliphatic heterocycles. The van der Waals surface area contributed by atoms with E-state index in [0.29, 0.717) is 6.61 Å². The van der Waals surface area contributed by atoms with E-state index in [-0.39, 0.29) is 17.5 Å². The summed E-state index contributed by atoms with van der Waals surface area (Å²) >= 11 is 0. The van der Waals surface area contributed by atoms with E-state index in [2.05, 4.69) is 41.5 Å². The van der Waals surface area contributed by atoms with Crippen LogP contribution in [-0.2, 0) is 19.1 Å². The number of rotatable bonds is 36. The molecule has 0 aromatic carbocycles. The zero-order chi connectivity index (χ0) is 37.6. The van der Waals surface area contributed by atoms with Crippen LogP contribution in [0.1, 0.15) is 254 Å². The molecule has 50 heavy (non-hydrogen) atoms. The monoisotopic (exact) mass is 711 g/mol. The third-order valence-corrected chi connectivity index (χ3v) is 10.1. The summed E-state index contributed by atoms with van der Waals surface area (Å²) in [6.45, 7) is 15.0. The summed E-state index contributed by atoms with van der Waals surface area (Å²) in [5, 5.41) is 8.96. The van der Waals surface area contributed by atoms with Gasteiger partial charge in [-0.05, 0) is 59.3 Å². The second-order valence-electron chi connectivity index (χ2n) is 15.9. The number of hydrogen-bond donors (Lipinski definition) is 1. The molecule has 0 aromatic heterocycles. The van der Waals surface area contributed by atoms with Crippen molar-refractivity contribution >= 4 is 11.9 Å². The van der Waals surface area contributed by atoms with Gasteiger partial charge in [0.1, 0.15) is 12.2 Å². The zero-order valence-corrected chi connectivity index (χ0v) is 35.1. The molecule has 0 saturated heterocycles. The van der Waals surface area contributed by atoms with Crippen LogP contribution in [0.25, 0.3) is 0 Å². The summed E-state index contributed by atoms with van der Waals surface area (Å²) in [4.78, 5) is 23.8. The number of carbonyl (C=O) groups excluding carboxylic acids is 2. The summed E-state index contributed by atoms with van der Waals surface area (Å²) in [5.74, 6) is -0.470. The van der Waals surface area contributed by atoms with Gasteiger partial charge in [-0.25, -0.2) is 4.79 Å². The first kappa shape index (κ1) is 51.0. The van der Waals surface area contributed by atoms with Gasteiger partial charge in [0.05, 0.1) is 12.0 Å². The first-order valence-electron chi connectivity index (χ1n) is 22.2. The number of hydrogen-bond acceptors (Lipinski definition) is 5. The van der Waals surface area contributed by atoms with E-state index >= 15 is 0 Å². The number of unbranched alkanes of at least 4 members (excludes halogenated alkanes) is 25. The Morgan fingerprint density at radius 1 is 0.500 bits per heavy atom. The Morgan fingerprint density at radius 2 is 0.820 bits per heavy atom. The lowest BCUT2D eigenvalue weighted by Gasteiger charge is -2.27. The minimum absolute atomic E-state index is 0.0347. The lowest BCUT2D eigenvalue weighted by Crippen LogP contribution is -2.31. The molecule has 0 bridgehead atoms. The van der Waals surface area contributed by atoms with Gasteiger partial charge in [-0.1, -0.05) is 195 Å². The van der Waals surface area contributed by atoms with Crippen LogP contribution in [0.5, 0.6) is 0 Å². The Hall–Kier alpha value is -1.10. The van der Waals surface area contributed by atoms with Crippen molar-refractivity contribution in [1.29, 1.82) is 0 Å². The molecule has 2 atom stereocenters. The summed E-state index contributed by atoms with van der Waals surface area (Å²) in [7, 11) is 0. The van der Waals surface area contributed by atoms with Crippen molar-refractivity contribution in [1.82, 2.24) is 0 Å². The van der Waals surface area contributed by atoms with Crippen LogP contribution in [-0.4, -0.2) is 35.9 Å². The molecular formula is C45H90O5. The average molecular weight is 711 g/mol. The van der Waals surface area contributed by atoms with E-state index in [1.165, 1.54) is 174 Å². The number of carbonyl (C=O) groups is 2. The number of esters is 2. The van der Waals surface area contributed by atoms with Gasteiger partial charge in [0.25, 0.3) is 0 Å². The van der Waals surface area contributed by atoms with Gasteiger partial charge in [-0.3, -0.25) is 4.79 Å². The summed E-state index contributed by atoms with van der Waals surface area (Å²) in [6, 6.07) is 0. The lowest BCUT2D eigenvalue weighted by atomic mass is 9.86. The van der Waals surface area contributed by atoms with Crippen molar-refractivity contribution in [2.24, 2.45) is 5.41 Å². The lowest BCUT2D eigenvalue weighted by molar-refractivity contribution is -0.161. The molecule has 0 aliphatic rings. The standard InChI is InChI=1S/C26H52O2.C19H38O3/c1-6-9-12-15-16-17-19-22-24(21-18-13-10-7-2)28-25(27)26(4,5)23-20-14-11-8-3;1-3-4-5-6-7-8-9-10-11-12-13-14-15-16-17-22-19(21)18(2)20/h24H,6-23H2,1-5H3;18,20H,3-17H2,1-2H3. The van der Waals surface area contributed by atoms with Crippen molar-refractivity contribution in [3.05, 3.63) is 0 Å². The fourth-order valence-corrected chi connectivity index (χ4v) is 6.39. The van der Waals surface area contributed by atoms with E-state index in [9.17, 15) is 9.59 Å². The van der Waals surface area contributed by atoms with Crippen molar-refractivity contribution in [3.8, 4) is 0 Å². The molecular weight excluding hydrogens is 620 g/mol. The topological polar surface area (TPSA) is 72.8 Å². The van der Waals surface area contributed by atoms with Crippen LogP contribution in [0.2, 0.25) is 0 Å². The highest BCUT2D eigenvalue weighted by atomic mass is 16.5. The maximum Gasteiger partial charge on any atom is 0.334 e. The number of aliphatic hydroxyl groups excluding tert-OH is 1. The molecule has 0 fully saturated rings. The van der Waals surface area contributed by atoms with Crippen LogP contribution in [0.4, 0.5) is 0 Å². The molecule has 2 unspecified atom stereocenters. The molecule has 0 aromatic rings. The first-order chi connectivity index (χ1) is 24.2. The Bertz CT molecular complexity index is 704. The molecule has 0 spiro atoms. The molecule has 5 heteroatoms. The Balaban J connectivity index is 0. The van der Waals surface area contributed by atoms with E-state index in [4.69, 9.17) is 14.6 Å². The van der Waals surface area contributed by atoms with E-state index < -0.39 is 12.1 Å². The minimum atomic E-state index is -0.994. The predicted octanol–water partition coefficient (Wildman–Crippen LogP) is 14.4. The highest BCUT2D eigenvalue weighted by Crippen LogP contribution is 2.28. The number of aliphatic hydroxyl groups is 1. The quantitative estimate of drug-likeness (QED) is 0.0517. The molecule has 300 valence electrons. The molecule has 1 N–H and O–H groups in total. The van der Waals surface area contributed by atoms with Crippen LogP contribution in [0.15, 0.2) is 0 Å². The van der Waals surface area contributed by atoms with E-state index in [1.54, 1.807) is 0 Å². The summed E-state index contributed by atoms with van der Waals surface area (Å²) in [5.41, 5.74) is -0.338. The maximum atomic E-state index is 12.8. The minimum Gasteiger partial charge on any atom is -0.464 e. The summed E-state index contributed by atoms with van der Waals surface area (Å²) in [6.07, 6.45) is 39.8. The second-order valence-corrected chi connectivity index (χ2v) is 15.9. The van der Waals surface area contributed by atoms with Gasteiger partial charge in [0.15, 0.2) is 0 Å². The van der Waals surface area contributed by atoms with Crippen molar-refractivity contribution in [2.45, 2.75) is 266 Å². The SMILES string of the molecule is CCCCCCCCCC(CCCCCC)OC(=O)C(C)(C)CCCCCC.CCCCCCCCCCCCCCCCOC(=O)C(C)O. The van der Waals surface area contributed by atoms with Crippen LogP contribution >= 0.6 is 0 Å². The van der Waals surface area contributed by atoms with Gasteiger partial charge in [0, 0.05) is 0 Å². The van der Waals surface area contributed by atoms with Crippen molar-refractivity contribution < 1.29 is 24.2 Å². The first-order valence-corrected chi connectivity index (χ1v) is 22.2. The highest BCUT2D eigenvalue weighted by Gasteiger charge is 2.30. The van der Waals surface area contributed by atoms with Crippen LogP contribution in [0.3, 0.4) is 0 Å². The molecule has 0 rings (SSSR count). The molecule has 0 aliphatic carbocycles. The van der Waals surface area contributed by atoms with Crippen LogP contribution in [0, 0.1) is 5.41 Å². The molecule has 0 radical (unpaired) electrons. The highest BCUT2D eigenvalue weighted by molar-refractivity contribution is 5.76.